The molecule has 0 aromatic heterocycles. The van der Waals surface area contributed by atoms with Gasteiger partial charge < -0.3 is 10.8 Å². The summed E-state index contributed by atoms with van der Waals surface area (Å²) in [6.07, 6.45) is 0.963. The van der Waals surface area contributed by atoms with Crippen LogP contribution in [0.25, 0.3) is 0 Å². The molecule has 0 aliphatic rings. The molecule has 104 valence electrons. The highest BCUT2D eigenvalue weighted by molar-refractivity contribution is 4.92. The molecule has 0 amide bonds. The summed E-state index contributed by atoms with van der Waals surface area (Å²) >= 11 is 0. The van der Waals surface area contributed by atoms with E-state index in [1.54, 1.807) is 0 Å². The molecule has 0 aromatic rings. The standard InChI is InChI=1S/C14H32N2O/c1-8-11(15)12(13(3,4)5)16(9-2)10-14(6,7)17/h11-12,17H,8-10,15H2,1-7H3. The summed E-state index contributed by atoms with van der Waals surface area (Å²) in [6.45, 7) is 16.2. The van der Waals surface area contributed by atoms with Crippen molar-refractivity contribution in [2.45, 2.75) is 72.6 Å². The van der Waals surface area contributed by atoms with E-state index in [0.29, 0.717) is 12.6 Å². The number of likely N-dealkylation sites (N-methyl/N-ethyl adjacent to an activating group) is 1. The lowest BCUT2D eigenvalue weighted by atomic mass is 9.80. The lowest BCUT2D eigenvalue weighted by Crippen LogP contribution is -2.57. The van der Waals surface area contributed by atoms with Crippen molar-refractivity contribution in [3.8, 4) is 0 Å². The molecule has 0 aliphatic heterocycles. The zero-order valence-electron chi connectivity index (χ0n) is 12.7. The van der Waals surface area contributed by atoms with Crippen molar-refractivity contribution < 1.29 is 5.11 Å². The maximum Gasteiger partial charge on any atom is 0.0718 e. The van der Waals surface area contributed by atoms with Crippen LogP contribution in [0.3, 0.4) is 0 Å². The third-order valence-corrected chi connectivity index (χ3v) is 3.15. The van der Waals surface area contributed by atoms with Gasteiger partial charge in [-0.2, -0.15) is 0 Å². The third-order valence-electron chi connectivity index (χ3n) is 3.15. The first kappa shape index (κ1) is 16.9. The molecular weight excluding hydrogens is 212 g/mol. The van der Waals surface area contributed by atoms with Crippen molar-refractivity contribution in [3.05, 3.63) is 0 Å². The second kappa shape index (κ2) is 6.17. The first-order chi connectivity index (χ1) is 7.53. The molecule has 0 aromatic carbocycles. The molecular formula is C14H32N2O. The Hall–Kier alpha value is -0.120. The Labute approximate surface area is 107 Å². The highest BCUT2D eigenvalue weighted by atomic mass is 16.3. The quantitative estimate of drug-likeness (QED) is 0.753. The molecule has 3 nitrogen and oxygen atoms in total. The van der Waals surface area contributed by atoms with E-state index in [0.717, 1.165) is 13.0 Å². The number of rotatable bonds is 6. The molecule has 3 N–H and O–H groups in total. The van der Waals surface area contributed by atoms with Crippen molar-refractivity contribution in [2.24, 2.45) is 11.1 Å². The van der Waals surface area contributed by atoms with Crippen molar-refractivity contribution in [1.82, 2.24) is 4.90 Å². The van der Waals surface area contributed by atoms with Gasteiger partial charge in [0.25, 0.3) is 0 Å². The zero-order chi connectivity index (χ0) is 13.9. The SMILES string of the molecule is CCC(N)C(N(CC)CC(C)(C)O)C(C)(C)C. The third kappa shape index (κ3) is 5.84. The number of nitrogens with zero attached hydrogens (tertiary/aromatic N) is 1. The average Bonchev–Trinajstić information content (AvgIpc) is 2.12. The van der Waals surface area contributed by atoms with E-state index >= 15 is 0 Å². The lowest BCUT2D eigenvalue weighted by Gasteiger charge is -2.45. The first-order valence-electron chi connectivity index (χ1n) is 6.75. The van der Waals surface area contributed by atoms with Crippen LogP contribution < -0.4 is 5.73 Å². The number of nitrogens with two attached hydrogens (primary N) is 1. The van der Waals surface area contributed by atoms with Crippen LogP contribution in [0.4, 0.5) is 0 Å². The number of hydrogen-bond acceptors (Lipinski definition) is 3. The summed E-state index contributed by atoms with van der Waals surface area (Å²) < 4.78 is 0. The van der Waals surface area contributed by atoms with Gasteiger partial charge in [0.1, 0.15) is 0 Å². The van der Waals surface area contributed by atoms with E-state index in [2.05, 4.69) is 39.5 Å². The summed E-state index contributed by atoms with van der Waals surface area (Å²) in [6, 6.07) is 0.446. The second-order valence-corrected chi connectivity index (χ2v) is 6.76. The maximum absolute atomic E-state index is 10.0. The van der Waals surface area contributed by atoms with Gasteiger partial charge in [-0.3, -0.25) is 4.90 Å². The molecule has 0 spiro atoms. The molecule has 0 bridgehead atoms. The van der Waals surface area contributed by atoms with Crippen molar-refractivity contribution in [2.75, 3.05) is 13.1 Å². The molecule has 2 atom stereocenters. The van der Waals surface area contributed by atoms with Crippen LogP contribution in [0, 0.1) is 5.41 Å². The van der Waals surface area contributed by atoms with Crippen LogP contribution in [-0.2, 0) is 0 Å². The van der Waals surface area contributed by atoms with E-state index in [4.69, 9.17) is 5.73 Å². The van der Waals surface area contributed by atoms with Crippen molar-refractivity contribution in [1.29, 1.82) is 0 Å². The Morgan fingerprint density at radius 3 is 1.82 bits per heavy atom. The highest BCUT2D eigenvalue weighted by Gasteiger charge is 2.35. The van der Waals surface area contributed by atoms with E-state index in [1.807, 2.05) is 13.8 Å². The minimum absolute atomic E-state index is 0.122. The van der Waals surface area contributed by atoms with Crippen molar-refractivity contribution in [3.63, 3.8) is 0 Å². The maximum atomic E-state index is 10.0. The Morgan fingerprint density at radius 2 is 1.59 bits per heavy atom. The minimum Gasteiger partial charge on any atom is -0.389 e. The van der Waals surface area contributed by atoms with Gasteiger partial charge in [0.15, 0.2) is 0 Å². The fraction of sp³-hybridized carbons (Fsp3) is 1.00. The van der Waals surface area contributed by atoms with Crippen LogP contribution in [0.2, 0.25) is 0 Å². The molecule has 0 fully saturated rings. The topological polar surface area (TPSA) is 49.5 Å². The molecule has 17 heavy (non-hydrogen) atoms. The fourth-order valence-electron chi connectivity index (χ4n) is 2.59. The molecule has 2 unspecified atom stereocenters. The van der Waals surface area contributed by atoms with Crippen LogP contribution in [0.5, 0.6) is 0 Å². The molecule has 0 saturated heterocycles. The van der Waals surface area contributed by atoms with Gasteiger partial charge in [0.2, 0.25) is 0 Å². The Morgan fingerprint density at radius 1 is 1.12 bits per heavy atom. The van der Waals surface area contributed by atoms with Crippen LogP contribution in [0.15, 0.2) is 0 Å². The Bertz CT molecular complexity index is 215. The summed E-state index contributed by atoms with van der Waals surface area (Å²) in [4.78, 5) is 2.31. The monoisotopic (exact) mass is 244 g/mol. The van der Waals surface area contributed by atoms with Gasteiger partial charge in [-0.25, -0.2) is 0 Å². The lowest BCUT2D eigenvalue weighted by molar-refractivity contribution is -0.00744. The minimum atomic E-state index is -0.674. The highest BCUT2D eigenvalue weighted by Crippen LogP contribution is 2.28. The Balaban J connectivity index is 4.99. The van der Waals surface area contributed by atoms with Crippen LogP contribution in [-0.4, -0.2) is 40.8 Å². The van der Waals surface area contributed by atoms with Gasteiger partial charge in [0, 0.05) is 18.6 Å². The molecule has 0 saturated carbocycles. The average molecular weight is 244 g/mol. The predicted molar refractivity (Wildman–Crippen MR) is 75.1 cm³/mol. The number of aliphatic hydroxyl groups is 1. The molecule has 0 aliphatic carbocycles. The van der Waals surface area contributed by atoms with E-state index < -0.39 is 5.60 Å². The van der Waals surface area contributed by atoms with E-state index in [9.17, 15) is 5.11 Å². The van der Waals surface area contributed by atoms with Gasteiger partial charge in [-0.05, 0) is 32.2 Å². The van der Waals surface area contributed by atoms with Gasteiger partial charge in [-0.15, -0.1) is 0 Å². The summed E-state index contributed by atoms with van der Waals surface area (Å²) in [7, 11) is 0. The molecule has 0 rings (SSSR count). The zero-order valence-corrected chi connectivity index (χ0v) is 12.7. The fourth-order valence-corrected chi connectivity index (χ4v) is 2.59. The Kier molecular flexibility index (Phi) is 6.12. The molecule has 0 heterocycles. The van der Waals surface area contributed by atoms with Gasteiger partial charge in [-0.1, -0.05) is 34.6 Å². The van der Waals surface area contributed by atoms with Gasteiger partial charge in [0.05, 0.1) is 5.60 Å². The smallest absolute Gasteiger partial charge is 0.0718 e. The number of hydrogen-bond donors (Lipinski definition) is 2. The predicted octanol–water partition coefficient (Wildman–Crippen LogP) is 2.23. The van der Waals surface area contributed by atoms with Crippen LogP contribution >= 0.6 is 0 Å². The van der Waals surface area contributed by atoms with Crippen LogP contribution in [0.1, 0.15) is 54.9 Å². The largest absolute Gasteiger partial charge is 0.389 e. The molecule has 0 radical (unpaired) electrons. The van der Waals surface area contributed by atoms with E-state index in [-0.39, 0.29) is 11.5 Å². The normalized spacial score (nSPS) is 17.3. The van der Waals surface area contributed by atoms with Gasteiger partial charge >= 0.3 is 0 Å². The summed E-state index contributed by atoms with van der Waals surface area (Å²) in [5, 5.41) is 10.0. The summed E-state index contributed by atoms with van der Waals surface area (Å²) in [5.74, 6) is 0. The van der Waals surface area contributed by atoms with Crippen molar-refractivity contribution >= 4 is 0 Å². The molecule has 3 heteroatoms. The second-order valence-electron chi connectivity index (χ2n) is 6.76. The summed E-state index contributed by atoms with van der Waals surface area (Å²) in [5.41, 5.74) is 5.72. The first-order valence-corrected chi connectivity index (χ1v) is 6.75. The van der Waals surface area contributed by atoms with E-state index in [1.165, 1.54) is 0 Å².